The number of nitrogens with two attached hydrogens (primary N) is 1. The van der Waals surface area contributed by atoms with Crippen LogP contribution >= 0.6 is 0 Å². The van der Waals surface area contributed by atoms with Crippen LogP contribution in [-0.4, -0.2) is 28.1 Å². The zero-order chi connectivity index (χ0) is 26.1. The average Bonchev–Trinajstić information content (AvgIpc) is 2.73. The summed E-state index contributed by atoms with van der Waals surface area (Å²) in [7, 11) is 1.12. The number of aromatic nitrogens is 2. The lowest BCUT2D eigenvalue weighted by atomic mass is 10.1. The van der Waals surface area contributed by atoms with Crippen molar-refractivity contribution in [1.82, 2.24) is 9.13 Å². The van der Waals surface area contributed by atoms with Crippen LogP contribution in [0, 0.1) is 11.3 Å². The third-order valence-electron chi connectivity index (χ3n) is 3.67. The van der Waals surface area contributed by atoms with Crippen molar-refractivity contribution in [3.8, 4) is 6.07 Å². The van der Waals surface area contributed by atoms with E-state index >= 15 is 0 Å². The Bertz CT molecular complexity index is 1280. The van der Waals surface area contributed by atoms with Gasteiger partial charge in [-0.1, -0.05) is 18.2 Å². The molecule has 0 bridgehead atoms. The highest BCUT2D eigenvalue weighted by molar-refractivity contribution is 5.42. The average molecular weight is 348 g/mol. The Labute approximate surface area is 158 Å². The van der Waals surface area contributed by atoms with Crippen molar-refractivity contribution in [1.29, 1.82) is 5.26 Å². The quantitative estimate of drug-likeness (QED) is 0.866. The molecule has 0 saturated carbocycles. The van der Waals surface area contributed by atoms with Crippen LogP contribution in [0.15, 0.2) is 39.9 Å². The lowest BCUT2D eigenvalue weighted by Crippen LogP contribution is -2.47. The Balaban J connectivity index is 2.42. The Kier molecular flexibility index (Phi) is 2.51. The maximum Gasteiger partial charge on any atom is 0.332 e. The number of benzene rings is 1. The normalized spacial score (nSPS) is 33.6. The van der Waals surface area contributed by atoms with Crippen molar-refractivity contribution in [2.75, 3.05) is 17.9 Å². The first kappa shape index (κ1) is 9.02. The third kappa shape index (κ3) is 3.35. The summed E-state index contributed by atoms with van der Waals surface area (Å²) in [5, 5.41) is 9.39. The molecule has 1 aromatic heterocycles. The van der Waals surface area contributed by atoms with Gasteiger partial charge in [0.05, 0.1) is 20.9 Å². The van der Waals surface area contributed by atoms with E-state index in [1.165, 1.54) is 12.1 Å². The number of hydrogen-bond acceptors (Lipinski definition) is 5. The second-order valence-electron chi connectivity index (χ2n) is 5.26. The summed E-state index contributed by atoms with van der Waals surface area (Å²) in [6, 6.07) is 5.27. The Hall–Kier alpha value is -2.85. The van der Waals surface area contributed by atoms with Crippen molar-refractivity contribution < 1.29 is 12.3 Å². The fourth-order valence-corrected chi connectivity index (χ4v) is 2.37. The maximum atomic E-state index is 13.1. The van der Waals surface area contributed by atoms with Crippen molar-refractivity contribution in [2.24, 2.45) is 12.8 Å². The van der Waals surface area contributed by atoms with Gasteiger partial charge in [-0.15, -0.1) is 0 Å². The summed E-state index contributed by atoms with van der Waals surface area (Å²) in [6.45, 7) is -7.43. The first-order valence-electron chi connectivity index (χ1n) is 11.8. The molecule has 1 aromatic carbocycles. The maximum absolute atomic E-state index is 13.1. The molecule has 0 unspecified atom stereocenters. The van der Waals surface area contributed by atoms with Gasteiger partial charge in [0.25, 0.3) is 5.56 Å². The van der Waals surface area contributed by atoms with E-state index in [-0.39, 0.29) is 16.0 Å². The van der Waals surface area contributed by atoms with Gasteiger partial charge in [0, 0.05) is 41.7 Å². The van der Waals surface area contributed by atoms with Crippen LogP contribution in [-0.2, 0) is 13.6 Å². The van der Waals surface area contributed by atoms with Crippen LogP contribution in [0.1, 0.15) is 36.2 Å². The Morgan fingerprint density at radius 3 is 2.96 bits per heavy atom. The smallest absolute Gasteiger partial charge is 0.332 e. The first-order chi connectivity index (χ1) is 15.4. The first-order valence-corrected chi connectivity index (χ1v) is 7.26. The molecule has 130 valence electrons. The van der Waals surface area contributed by atoms with Gasteiger partial charge in [0.15, 0.2) is 0 Å². The Morgan fingerprint density at radius 2 is 2.20 bits per heavy atom. The molecule has 25 heavy (non-hydrogen) atoms. The lowest BCUT2D eigenvalue weighted by molar-refractivity contribution is 0.491. The van der Waals surface area contributed by atoms with Gasteiger partial charge in [-0.25, -0.2) is 4.79 Å². The van der Waals surface area contributed by atoms with Crippen molar-refractivity contribution >= 4 is 5.82 Å². The van der Waals surface area contributed by atoms with Crippen LogP contribution in [0.4, 0.5) is 5.82 Å². The third-order valence-corrected chi connectivity index (χ3v) is 3.67. The molecule has 0 aliphatic carbocycles. The summed E-state index contributed by atoms with van der Waals surface area (Å²) in [6.07, 6.45) is -7.11. The van der Waals surface area contributed by atoms with E-state index in [1.54, 1.807) is 12.1 Å². The summed E-state index contributed by atoms with van der Waals surface area (Å²) in [5.41, 5.74) is 4.04. The SMILES string of the molecule is [2H]C1([2H])N(c2cc(=O)n(C)c(=O)n2Cc2ccccc2C#N)C([2H])([2H])[C@@]([2H])(N)C([2H])([2H])C1([2H])[2H]. The topological polar surface area (TPSA) is 97.0 Å². The molecule has 1 aliphatic heterocycles. The predicted molar refractivity (Wildman–Crippen MR) is 95.6 cm³/mol. The molecule has 2 aromatic rings. The highest BCUT2D eigenvalue weighted by Crippen LogP contribution is 2.19. The number of nitriles is 1. The molecule has 2 N–H and O–H groups in total. The largest absolute Gasteiger partial charge is 0.356 e. The van der Waals surface area contributed by atoms with Gasteiger partial charge in [-0.2, -0.15) is 5.26 Å². The van der Waals surface area contributed by atoms with Crippen LogP contribution in [0.5, 0.6) is 0 Å². The predicted octanol–water partition coefficient (Wildman–Crippen LogP) is 0.394. The highest BCUT2D eigenvalue weighted by Gasteiger charge is 2.22. The van der Waals surface area contributed by atoms with Gasteiger partial charge in [0.2, 0.25) is 0 Å². The monoisotopic (exact) mass is 348 g/mol. The molecule has 1 aliphatic rings. The minimum atomic E-state index is -3.57. The van der Waals surface area contributed by atoms with Crippen LogP contribution in [0.25, 0.3) is 0 Å². The van der Waals surface area contributed by atoms with Crippen LogP contribution in [0.2, 0.25) is 0 Å². The molecule has 0 amide bonds. The fourth-order valence-electron chi connectivity index (χ4n) is 2.37. The minimum Gasteiger partial charge on any atom is -0.356 e. The minimum absolute atomic E-state index is 0.0338. The van der Waals surface area contributed by atoms with E-state index in [1.807, 2.05) is 6.07 Å². The Morgan fingerprint density at radius 1 is 1.44 bits per heavy atom. The van der Waals surface area contributed by atoms with E-state index in [0.717, 1.165) is 11.6 Å². The standard InChI is InChI=1S/C18H21N5O2/c1-21-17(24)9-16(22-8-4-7-15(20)12-22)23(18(21)25)11-14-6-3-2-5-13(14)10-19/h2-3,5-6,9,15H,4,7-8,11-12,20H2,1H3/t15-/m0/s1/i4D2,7D2,8D2,12D2,15D. The molecule has 0 radical (unpaired) electrons. The van der Waals surface area contributed by atoms with Crippen molar-refractivity contribution in [2.45, 2.75) is 25.3 Å². The summed E-state index contributed by atoms with van der Waals surface area (Å²) < 4.78 is 75.5. The molecule has 1 atom stereocenters. The fraction of sp³-hybridized carbons (Fsp3) is 0.389. The summed E-state index contributed by atoms with van der Waals surface area (Å²) >= 11 is 0. The molecule has 7 nitrogen and oxygen atoms in total. The second kappa shape index (κ2) is 6.95. The summed E-state index contributed by atoms with van der Waals surface area (Å²) in [5.74, 6) is -0.766. The van der Waals surface area contributed by atoms with E-state index in [4.69, 9.17) is 18.1 Å². The molecular formula is C18H21N5O2. The zero-order valence-electron chi connectivity index (χ0n) is 22.3. The number of piperidine rings is 1. The van der Waals surface area contributed by atoms with Crippen LogP contribution in [0.3, 0.4) is 0 Å². The van der Waals surface area contributed by atoms with E-state index in [9.17, 15) is 14.9 Å². The molecular weight excluding hydrogens is 318 g/mol. The second-order valence-corrected chi connectivity index (χ2v) is 5.26. The van der Waals surface area contributed by atoms with Crippen molar-refractivity contribution in [3.63, 3.8) is 0 Å². The van der Waals surface area contributed by atoms with Crippen molar-refractivity contribution in [3.05, 3.63) is 62.3 Å². The van der Waals surface area contributed by atoms with E-state index < -0.39 is 55.4 Å². The van der Waals surface area contributed by atoms with E-state index in [2.05, 4.69) is 0 Å². The molecule has 3 rings (SSSR count). The van der Waals surface area contributed by atoms with Gasteiger partial charge < -0.3 is 10.6 Å². The number of rotatable bonds is 3. The van der Waals surface area contributed by atoms with E-state index in [0.29, 0.717) is 10.6 Å². The highest BCUT2D eigenvalue weighted by atomic mass is 16.2. The molecule has 1 saturated heterocycles. The van der Waals surface area contributed by atoms with Gasteiger partial charge in [0.1, 0.15) is 5.82 Å². The molecule has 0 spiro atoms. The number of anilines is 1. The number of hydrogen-bond donors (Lipinski definition) is 1. The van der Waals surface area contributed by atoms with Gasteiger partial charge >= 0.3 is 5.69 Å². The molecule has 2 heterocycles. The summed E-state index contributed by atoms with van der Waals surface area (Å²) in [4.78, 5) is 25.6. The lowest BCUT2D eigenvalue weighted by Gasteiger charge is -2.34. The van der Waals surface area contributed by atoms with Gasteiger partial charge in [-0.3, -0.25) is 13.9 Å². The number of nitrogens with zero attached hydrogens (tertiary/aromatic N) is 4. The van der Waals surface area contributed by atoms with Crippen LogP contribution < -0.4 is 21.9 Å². The van der Waals surface area contributed by atoms with Gasteiger partial charge in [-0.05, 0) is 24.4 Å². The molecule has 7 heteroatoms. The molecule has 1 fully saturated rings. The zero-order valence-corrected chi connectivity index (χ0v) is 13.3.